The zero-order valence-corrected chi connectivity index (χ0v) is 8.42. The van der Waals surface area contributed by atoms with Crippen LogP contribution in [0, 0.1) is 0 Å². The SMILES string of the molecule is COCC(O)c1cccc2nccnc12. The third-order valence-corrected chi connectivity index (χ3v) is 2.21. The van der Waals surface area contributed by atoms with Gasteiger partial charge in [0.1, 0.15) is 6.10 Å². The van der Waals surface area contributed by atoms with Crippen molar-refractivity contribution in [1.82, 2.24) is 9.97 Å². The molecule has 0 saturated carbocycles. The van der Waals surface area contributed by atoms with E-state index in [0.717, 1.165) is 16.6 Å². The highest BCUT2D eigenvalue weighted by Crippen LogP contribution is 2.20. The number of fused-ring (bicyclic) bond motifs is 1. The van der Waals surface area contributed by atoms with Gasteiger partial charge in [0, 0.05) is 25.1 Å². The van der Waals surface area contributed by atoms with Crippen LogP contribution in [-0.2, 0) is 4.74 Å². The van der Waals surface area contributed by atoms with E-state index in [4.69, 9.17) is 4.74 Å². The van der Waals surface area contributed by atoms with Crippen LogP contribution in [0.2, 0.25) is 0 Å². The Labute approximate surface area is 87.6 Å². The number of nitrogens with zero attached hydrogens (tertiary/aromatic N) is 2. The van der Waals surface area contributed by atoms with E-state index >= 15 is 0 Å². The Hall–Kier alpha value is -1.52. The second-order valence-electron chi connectivity index (χ2n) is 3.24. The average molecular weight is 204 g/mol. The van der Waals surface area contributed by atoms with Crippen molar-refractivity contribution in [2.75, 3.05) is 13.7 Å². The van der Waals surface area contributed by atoms with Crippen LogP contribution in [0.5, 0.6) is 0 Å². The number of benzene rings is 1. The molecular formula is C11H12N2O2. The van der Waals surface area contributed by atoms with Gasteiger partial charge in [-0.3, -0.25) is 9.97 Å². The number of aliphatic hydroxyl groups excluding tert-OH is 1. The molecule has 1 heterocycles. The van der Waals surface area contributed by atoms with Gasteiger partial charge in [0.2, 0.25) is 0 Å². The normalized spacial score (nSPS) is 12.9. The third-order valence-electron chi connectivity index (χ3n) is 2.21. The molecule has 0 spiro atoms. The number of aliphatic hydroxyl groups is 1. The molecule has 2 aromatic rings. The van der Waals surface area contributed by atoms with Crippen LogP contribution < -0.4 is 0 Å². The number of hydrogen-bond donors (Lipinski definition) is 1. The number of methoxy groups -OCH3 is 1. The average Bonchev–Trinajstić information content (AvgIpc) is 2.28. The van der Waals surface area contributed by atoms with Crippen molar-refractivity contribution in [1.29, 1.82) is 0 Å². The van der Waals surface area contributed by atoms with Gasteiger partial charge >= 0.3 is 0 Å². The van der Waals surface area contributed by atoms with Gasteiger partial charge in [-0.2, -0.15) is 0 Å². The lowest BCUT2D eigenvalue weighted by Gasteiger charge is -2.11. The standard InChI is InChI=1S/C11H12N2O2/c1-15-7-10(14)8-3-2-4-9-11(8)13-6-5-12-9/h2-6,10,14H,7H2,1H3. The molecule has 4 heteroatoms. The van der Waals surface area contributed by atoms with Crippen LogP contribution in [-0.4, -0.2) is 28.8 Å². The predicted molar refractivity (Wildman–Crippen MR) is 56.4 cm³/mol. The third kappa shape index (κ3) is 1.95. The maximum atomic E-state index is 9.83. The fraction of sp³-hybridized carbons (Fsp3) is 0.273. The molecule has 0 amide bonds. The second kappa shape index (κ2) is 4.33. The molecule has 0 aliphatic rings. The van der Waals surface area contributed by atoms with Crippen molar-refractivity contribution in [2.24, 2.45) is 0 Å². The van der Waals surface area contributed by atoms with Gasteiger partial charge < -0.3 is 9.84 Å². The summed E-state index contributed by atoms with van der Waals surface area (Å²) in [6, 6.07) is 5.55. The number of aromatic nitrogens is 2. The van der Waals surface area contributed by atoms with Crippen LogP contribution in [0.15, 0.2) is 30.6 Å². The Balaban J connectivity index is 2.50. The maximum Gasteiger partial charge on any atom is 0.104 e. The predicted octanol–water partition coefficient (Wildman–Crippen LogP) is 1.31. The fourth-order valence-corrected chi connectivity index (χ4v) is 1.53. The first-order valence-corrected chi connectivity index (χ1v) is 4.69. The van der Waals surface area contributed by atoms with Crippen LogP contribution in [0.25, 0.3) is 11.0 Å². The first-order chi connectivity index (χ1) is 7.33. The molecule has 15 heavy (non-hydrogen) atoms. The van der Waals surface area contributed by atoms with Crippen molar-refractivity contribution in [3.8, 4) is 0 Å². The first-order valence-electron chi connectivity index (χ1n) is 4.69. The molecule has 1 aromatic carbocycles. The van der Waals surface area contributed by atoms with Gasteiger partial charge in [-0.05, 0) is 6.07 Å². The van der Waals surface area contributed by atoms with E-state index in [1.54, 1.807) is 19.5 Å². The van der Waals surface area contributed by atoms with E-state index in [1.165, 1.54) is 0 Å². The summed E-state index contributed by atoms with van der Waals surface area (Å²) in [7, 11) is 1.56. The minimum Gasteiger partial charge on any atom is -0.386 e. The molecule has 0 fully saturated rings. The summed E-state index contributed by atoms with van der Waals surface area (Å²) in [5.74, 6) is 0. The minimum atomic E-state index is -0.657. The molecule has 0 aliphatic carbocycles. The Morgan fingerprint density at radius 3 is 2.93 bits per heavy atom. The quantitative estimate of drug-likeness (QED) is 0.819. The van der Waals surface area contributed by atoms with Crippen LogP contribution >= 0.6 is 0 Å². The molecule has 0 aliphatic heterocycles. The van der Waals surface area contributed by atoms with Gasteiger partial charge in [0.25, 0.3) is 0 Å². The summed E-state index contributed by atoms with van der Waals surface area (Å²) in [6.07, 6.45) is 2.59. The Morgan fingerprint density at radius 2 is 2.13 bits per heavy atom. The largest absolute Gasteiger partial charge is 0.386 e. The van der Waals surface area contributed by atoms with Crippen molar-refractivity contribution >= 4 is 11.0 Å². The van der Waals surface area contributed by atoms with Crippen LogP contribution in [0.1, 0.15) is 11.7 Å². The molecule has 2 rings (SSSR count). The zero-order chi connectivity index (χ0) is 10.7. The highest BCUT2D eigenvalue weighted by atomic mass is 16.5. The molecule has 0 bridgehead atoms. The Bertz CT molecular complexity index is 454. The van der Waals surface area contributed by atoms with E-state index < -0.39 is 6.10 Å². The van der Waals surface area contributed by atoms with Crippen LogP contribution in [0.3, 0.4) is 0 Å². The number of rotatable bonds is 3. The molecule has 1 aromatic heterocycles. The smallest absolute Gasteiger partial charge is 0.104 e. The van der Waals surface area contributed by atoms with Gasteiger partial charge in [-0.25, -0.2) is 0 Å². The molecule has 0 saturated heterocycles. The minimum absolute atomic E-state index is 0.260. The molecular weight excluding hydrogens is 192 g/mol. The number of hydrogen-bond acceptors (Lipinski definition) is 4. The summed E-state index contributed by atoms with van der Waals surface area (Å²) in [5, 5.41) is 9.83. The van der Waals surface area contributed by atoms with Crippen molar-refractivity contribution < 1.29 is 9.84 Å². The lowest BCUT2D eigenvalue weighted by molar-refractivity contribution is 0.0652. The van der Waals surface area contributed by atoms with E-state index in [2.05, 4.69) is 9.97 Å². The first kappa shape index (κ1) is 10.0. The van der Waals surface area contributed by atoms with Gasteiger partial charge in [-0.15, -0.1) is 0 Å². The summed E-state index contributed by atoms with van der Waals surface area (Å²) < 4.78 is 4.91. The number of para-hydroxylation sites is 1. The molecule has 1 unspecified atom stereocenters. The number of ether oxygens (including phenoxy) is 1. The monoisotopic (exact) mass is 204 g/mol. The van der Waals surface area contributed by atoms with E-state index in [9.17, 15) is 5.11 Å². The van der Waals surface area contributed by atoms with Gasteiger partial charge in [0.15, 0.2) is 0 Å². The lowest BCUT2D eigenvalue weighted by Crippen LogP contribution is -2.06. The summed E-state index contributed by atoms with van der Waals surface area (Å²) in [5.41, 5.74) is 2.26. The van der Waals surface area contributed by atoms with Gasteiger partial charge in [0.05, 0.1) is 17.6 Å². The Kier molecular flexibility index (Phi) is 2.89. The Morgan fingerprint density at radius 1 is 1.33 bits per heavy atom. The van der Waals surface area contributed by atoms with E-state index in [1.807, 2.05) is 18.2 Å². The molecule has 1 N–H and O–H groups in total. The maximum absolute atomic E-state index is 9.83. The highest BCUT2D eigenvalue weighted by molar-refractivity contribution is 5.77. The molecule has 1 atom stereocenters. The molecule has 0 radical (unpaired) electrons. The van der Waals surface area contributed by atoms with Crippen molar-refractivity contribution in [3.63, 3.8) is 0 Å². The summed E-state index contributed by atoms with van der Waals surface area (Å²) in [6.45, 7) is 0.260. The topological polar surface area (TPSA) is 55.2 Å². The fourth-order valence-electron chi connectivity index (χ4n) is 1.53. The lowest BCUT2D eigenvalue weighted by atomic mass is 10.1. The highest BCUT2D eigenvalue weighted by Gasteiger charge is 2.11. The van der Waals surface area contributed by atoms with E-state index in [0.29, 0.717) is 0 Å². The second-order valence-corrected chi connectivity index (χ2v) is 3.24. The van der Waals surface area contributed by atoms with Crippen molar-refractivity contribution in [2.45, 2.75) is 6.10 Å². The molecule has 78 valence electrons. The van der Waals surface area contributed by atoms with Crippen molar-refractivity contribution in [3.05, 3.63) is 36.2 Å². The van der Waals surface area contributed by atoms with E-state index in [-0.39, 0.29) is 6.61 Å². The van der Waals surface area contributed by atoms with Crippen LogP contribution in [0.4, 0.5) is 0 Å². The summed E-state index contributed by atoms with van der Waals surface area (Å²) >= 11 is 0. The van der Waals surface area contributed by atoms with Gasteiger partial charge in [-0.1, -0.05) is 12.1 Å². The summed E-state index contributed by atoms with van der Waals surface area (Å²) in [4.78, 5) is 8.38. The zero-order valence-electron chi connectivity index (χ0n) is 8.42. The molecule has 4 nitrogen and oxygen atoms in total.